The van der Waals surface area contributed by atoms with E-state index in [1.54, 1.807) is 0 Å². The van der Waals surface area contributed by atoms with Crippen molar-refractivity contribution in [3.63, 3.8) is 0 Å². The fraction of sp³-hybridized carbons (Fsp3) is 0.833. The second kappa shape index (κ2) is 5.04. The summed E-state index contributed by atoms with van der Waals surface area (Å²) in [5.41, 5.74) is 0. The third-order valence-corrected chi connectivity index (χ3v) is 3.78. The number of nitrogens with one attached hydrogen (secondary N) is 2. The van der Waals surface area contributed by atoms with Gasteiger partial charge in [-0.25, -0.2) is 0 Å². The molecule has 5 heteroatoms. The Labute approximate surface area is 101 Å². The Morgan fingerprint density at radius 3 is 2.76 bits per heavy atom. The number of hydrogen-bond acceptors (Lipinski definition) is 3. The largest absolute Gasteiger partial charge is 0.481 e. The highest BCUT2D eigenvalue weighted by Gasteiger charge is 2.42. The van der Waals surface area contributed by atoms with E-state index in [1.807, 2.05) is 6.92 Å². The molecular formula is C12H20N2O3. The van der Waals surface area contributed by atoms with Crippen LogP contribution in [0.2, 0.25) is 0 Å². The molecular weight excluding hydrogens is 220 g/mol. The first-order chi connectivity index (χ1) is 8.06. The van der Waals surface area contributed by atoms with Crippen molar-refractivity contribution in [1.82, 2.24) is 10.6 Å². The van der Waals surface area contributed by atoms with Gasteiger partial charge >= 0.3 is 5.97 Å². The van der Waals surface area contributed by atoms with Crippen LogP contribution < -0.4 is 10.6 Å². The molecule has 0 radical (unpaired) electrons. The third kappa shape index (κ3) is 2.97. The maximum atomic E-state index is 11.9. The zero-order chi connectivity index (χ0) is 12.4. The molecule has 0 aliphatic carbocycles. The molecule has 3 N–H and O–H groups in total. The zero-order valence-electron chi connectivity index (χ0n) is 10.1. The number of amides is 1. The van der Waals surface area contributed by atoms with Gasteiger partial charge in [0.2, 0.25) is 5.91 Å². The molecule has 2 aliphatic heterocycles. The lowest BCUT2D eigenvalue weighted by atomic mass is 9.88. The first-order valence-electron chi connectivity index (χ1n) is 6.32. The van der Waals surface area contributed by atoms with E-state index in [4.69, 9.17) is 5.11 Å². The molecule has 2 bridgehead atoms. The Morgan fingerprint density at radius 2 is 2.24 bits per heavy atom. The van der Waals surface area contributed by atoms with Crippen LogP contribution in [0.4, 0.5) is 0 Å². The molecule has 0 aromatic rings. The Balaban J connectivity index is 1.72. The molecule has 4 atom stereocenters. The molecule has 2 aliphatic rings. The van der Waals surface area contributed by atoms with Crippen LogP contribution in [0.15, 0.2) is 0 Å². The van der Waals surface area contributed by atoms with Gasteiger partial charge in [0.1, 0.15) is 0 Å². The molecule has 2 heterocycles. The van der Waals surface area contributed by atoms with Crippen LogP contribution in [0.25, 0.3) is 0 Å². The highest BCUT2D eigenvalue weighted by molar-refractivity contribution is 5.80. The number of carbonyl (C=O) groups excluding carboxylic acids is 1. The van der Waals surface area contributed by atoms with Gasteiger partial charge in [-0.3, -0.25) is 9.59 Å². The van der Waals surface area contributed by atoms with Gasteiger partial charge in [0.25, 0.3) is 0 Å². The normalized spacial score (nSPS) is 32.4. The van der Waals surface area contributed by atoms with Gasteiger partial charge in [0.05, 0.1) is 5.92 Å². The molecule has 0 saturated carbocycles. The lowest BCUT2D eigenvalue weighted by Gasteiger charge is -2.20. The SMILES string of the molecule is CC(CNC(=O)C1CC2CCC1N2)CC(=O)O. The molecule has 0 aromatic heterocycles. The number of hydrogen-bond donors (Lipinski definition) is 3. The number of fused-ring (bicyclic) bond motifs is 2. The predicted octanol–water partition coefficient (Wildman–Crippen LogP) is 0.354. The first-order valence-corrected chi connectivity index (χ1v) is 6.32. The van der Waals surface area contributed by atoms with Gasteiger partial charge in [-0.05, 0) is 25.2 Å². The summed E-state index contributed by atoms with van der Waals surface area (Å²) in [5, 5.41) is 14.9. The van der Waals surface area contributed by atoms with Crippen molar-refractivity contribution < 1.29 is 14.7 Å². The van der Waals surface area contributed by atoms with Crippen molar-refractivity contribution in [2.45, 2.75) is 44.7 Å². The maximum Gasteiger partial charge on any atom is 0.303 e. The van der Waals surface area contributed by atoms with Crippen LogP contribution in [0.5, 0.6) is 0 Å². The summed E-state index contributed by atoms with van der Waals surface area (Å²) in [6, 6.07) is 0.863. The summed E-state index contributed by atoms with van der Waals surface area (Å²) >= 11 is 0. The van der Waals surface area contributed by atoms with Gasteiger partial charge in [-0.2, -0.15) is 0 Å². The second-order valence-corrected chi connectivity index (χ2v) is 5.34. The smallest absolute Gasteiger partial charge is 0.303 e. The van der Waals surface area contributed by atoms with E-state index in [2.05, 4.69) is 10.6 Å². The van der Waals surface area contributed by atoms with Crippen molar-refractivity contribution in [3.05, 3.63) is 0 Å². The topological polar surface area (TPSA) is 78.4 Å². The molecule has 2 saturated heterocycles. The van der Waals surface area contributed by atoms with Gasteiger partial charge in [0, 0.05) is 25.0 Å². The van der Waals surface area contributed by atoms with Crippen LogP contribution >= 0.6 is 0 Å². The fourth-order valence-corrected chi connectivity index (χ4v) is 2.89. The molecule has 0 aromatic carbocycles. The van der Waals surface area contributed by atoms with E-state index in [-0.39, 0.29) is 24.2 Å². The van der Waals surface area contributed by atoms with Crippen LogP contribution in [0.1, 0.15) is 32.6 Å². The fourth-order valence-electron chi connectivity index (χ4n) is 2.89. The molecule has 5 nitrogen and oxygen atoms in total. The Kier molecular flexibility index (Phi) is 3.66. The van der Waals surface area contributed by atoms with Crippen molar-refractivity contribution >= 4 is 11.9 Å². The molecule has 17 heavy (non-hydrogen) atoms. The summed E-state index contributed by atoms with van der Waals surface area (Å²) in [6.45, 7) is 2.30. The van der Waals surface area contributed by atoms with Crippen LogP contribution in [0, 0.1) is 11.8 Å². The molecule has 4 unspecified atom stereocenters. The van der Waals surface area contributed by atoms with E-state index in [9.17, 15) is 9.59 Å². The summed E-state index contributed by atoms with van der Waals surface area (Å²) in [6.07, 6.45) is 3.32. The number of carboxylic acids is 1. The quantitative estimate of drug-likeness (QED) is 0.648. The number of carbonyl (C=O) groups is 2. The highest BCUT2D eigenvalue weighted by Crippen LogP contribution is 2.33. The number of carboxylic acid groups (broad SMARTS) is 1. The van der Waals surface area contributed by atoms with Crippen molar-refractivity contribution in [2.75, 3.05) is 6.54 Å². The van der Waals surface area contributed by atoms with Crippen molar-refractivity contribution in [3.8, 4) is 0 Å². The van der Waals surface area contributed by atoms with Crippen LogP contribution in [-0.2, 0) is 9.59 Å². The van der Waals surface area contributed by atoms with E-state index in [0.717, 1.165) is 12.8 Å². The standard InChI is InChI=1S/C12H20N2O3/c1-7(4-11(15)16)6-13-12(17)9-5-8-2-3-10(9)14-8/h7-10,14H,2-6H2,1H3,(H,13,17)(H,15,16). The average molecular weight is 240 g/mol. The van der Waals surface area contributed by atoms with Gasteiger partial charge in [-0.15, -0.1) is 0 Å². The molecule has 1 amide bonds. The van der Waals surface area contributed by atoms with E-state index in [0.29, 0.717) is 18.6 Å². The monoisotopic (exact) mass is 240 g/mol. The lowest BCUT2D eigenvalue weighted by molar-refractivity contribution is -0.138. The van der Waals surface area contributed by atoms with Crippen LogP contribution in [0.3, 0.4) is 0 Å². The summed E-state index contributed by atoms with van der Waals surface area (Å²) < 4.78 is 0. The summed E-state index contributed by atoms with van der Waals surface area (Å²) in [7, 11) is 0. The second-order valence-electron chi connectivity index (χ2n) is 5.34. The molecule has 0 spiro atoms. The molecule has 96 valence electrons. The van der Waals surface area contributed by atoms with Crippen molar-refractivity contribution in [1.29, 1.82) is 0 Å². The van der Waals surface area contributed by atoms with Gasteiger partial charge < -0.3 is 15.7 Å². The number of rotatable bonds is 5. The Bertz CT molecular complexity index is 319. The van der Waals surface area contributed by atoms with E-state index >= 15 is 0 Å². The summed E-state index contributed by atoms with van der Waals surface area (Å²) in [5.74, 6) is -0.649. The van der Waals surface area contributed by atoms with Gasteiger partial charge in [-0.1, -0.05) is 6.92 Å². The van der Waals surface area contributed by atoms with Crippen LogP contribution in [-0.4, -0.2) is 35.6 Å². The molecule has 2 fully saturated rings. The predicted molar refractivity (Wildman–Crippen MR) is 62.5 cm³/mol. The zero-order valence-corrected chi connectivity index (χ0v) is 10.1. The van der Waals surface area contributed by atoms with Crippen molar-refractivity contribution in [2.24, 2.45) is 11.8 Å². The van der Waals surface area contributed by atoms with E-state index < -0.39 is 5.97 Å². The maximum absolute atomic E-state index is 11.9. The highest BCUT2D eigenvalue weighted by atomic mass is 16.4. The number of aliphatic carboxylic acids is 1. The average Bonchev–Trinajstić information content (AvgIpc) is 2.86. The lowest BCUT2D eigenvalue weighted by Crippen LogP contribution is -2.39. The van der Waals surface area contributed by atoms with E-state index in [1.165, 1.54) is 6.42 Å². The minimum absolute atomic E-state index is 0.0111. The Morgan fingerprint density at radius 1 is 1.47 bits per heavy atom. The first kappa shape index (κ1) is 12.4. The van der Waals surface area contributed by atoms with Gasteiger partial charge in [0.15, 0.2) is 0 Å². The molecule has 2 rings (SSSR count). The Hall–Kier alpha value is -1.10. The minimum Gasteiger partial charge on any atom is -0.481 e. The minimum atomic E-state index is -0.812. The third-order valence-electron chi connectivity index (χ3n) is 3.78. The summed E-state index contributed by atoms with van der Waals surface area (Å²) in [4.78, 5) is 22.4.